The molecule has 1 saturated carbocycles. The summed E-state index contributed by atoms with van der Waals surface area (Å²) in [4.78, 5) is 19.6. The monoisotopic (exact) mass is 234 g/mol. The molecule has 92 valence electrons. The van der Waals surface area contributed by atoms with Gasteiger partial charge in [0, 0.05) is 30.8 Å². The van der Waals surface area contributed by atoms with Crippen LogP contribution in [-0.2, 0) is 11.2 Å². The van der Waals surface area contributed by atoms with Gasteiger partial charge in [0.1, 0.15) is 12.1 Å². The number of amides is 1. The van der Waals surface area contributed by atoms with E-state index in [0.717, 1.165) is 30.8 Å². The molecule has 1 heterocycles. The Labute approximate surface area is 101 Å². The summed E-state index contributed by atoms with van der Waals surface area (Å²) in [5.74, 6) is 0.904. The van der Waals surface area contributed by atoms with Gasteiger partial charge < -0.3 is 10.6 Å². The van der Waals surface area contributed by atoms with E-state index >= 15 is 0 Å². The molecule has 2 rings (SSSR count). The quantitative estimate of drug-likeness (QED) is 0.774. The maximum Gasteiger partial charge on any atom is 0.221 e. The lowest BCUT2D eigenvalue weighted by atomic mass is 10.3. The molecule has 0 radical (unpaired) electrons. The Morgan fingerprint density at radius 3 is 3.00 bits per heavy atom. The number of aryl methyl sites for hydroxylation is 1. The van der Waals surface area contributed by atoms with Crippen LogP contribution in [0.1, 0.15) is 31.9 Å². The van der Waals surface area contributed by atoms with Crippen LogP contribution in [-0.4, -0.2) is 28.5 Å². The van der Waals surface area contributed by atoms with E-state index in [1.807, 2.05) is 6.07 Å². The molecule has 5 heteroatoms. The summed E-state index contributed by atoms with van der Waals surface area (Å²) < 4.78 is 0. The third-order valence-corrected chi connectivity index (χ3v) is 2.69. The predicted octanol–water partition coefficient (Wildman–Crippen LogP) is 1.12. The second-order valence-corrected chi connectivity index (χ2v) is 4.27. The minimum absolute atomic E-state index is 0.116. The highest BCUT2D eigenvalue weighted by Crippen LogP contribution is 2.18. The molecule has 1 aliphatic carbocycles. The van der Waals surface area contributed by atoms with Gasteiger partial charge in [-0.05, 0) is 19.3 Å². The number of carbonyl (C=O) groups is 1. The highest BCUT2D eigenvalue weighted by atomic mass is 16.1. The van der Waals surface area contributed by atoms with E-state index in [1.54, 1.807) is 6.33 Å². The van der Waals surface area contributed by atoms with E-state index in [9.17, 15) is 4.79 Å². The molecule has 0 saturated heterocycles. The topological polar surface area (TPSA) is 66.9 Å². The van der Waals surface area contributed by atoms with Crippen molar-refractivity contribution in [1.29, 1.82) is 0 Å². The van der Waals surface area contributed by atoms with Crippen molar-refractivity contribution in [3.05, 3.63) is 18.1 Å². The Kier molecular flexibility index (Phi) is 3.90. The minimum Gasteiger partial charge on any atom is -0.369 e. The van der Waals surface area contributed by atoms with Gasteiger partial charge in [0.15, 0.2) is 0 Å². The normalized spacial score (nSPS) is 14.4. The molecule has 0 aromatic carbocycles. The average molecular weight is 234 g/mol. The smallest absolute Gasteiger partial charge is 0.221 e. The van der Waals surface area contributed by atoms with E-state index in [4.69, 9.17) is 0 Å². The van der Waals surface area contributed by atoms with Gasteiger partial charge >= 0.3 is 0 Å². The second-order valence-electron chi connectivity index (χ2n) is 4.27. The molecule has 0 spiro atoms. The lowest BCUT2D eigenvalue weighted by molar-refractivity contribution is -0.120. The number of anilines is 1. The Bertz CT molecular complexity index is 390. The van der Waals surface area contributed by atoms with Gasteiger partial charge in [-0.1, -0.05) is 6.92 Å². The number of hydrogen-bond donors (Lipinski definition) is 2. The number of aromatic nitrogens is 2. The van der Waals surface area contributed by atoms with Gasteiger partial charge in [0.2, 0.25) is 5.91 Å². The van der Waals surface area contributed by atoms with Crippen molar-refractivity contribution in [1.82, 2.24) is 15.3 Å². The first-order chi connectivity index (χ1) is 8.28. The van der Waals surface area contributed by atoms with E-state index in [2.05, 4.69) is 27.5 Å². The van der Waals surface area contributed by atoms with E-state index < -0.39 is 0 Å². The van der Waals surface area contributed by atoms with Gasteiger partial charge in [-0.2, -0.15) is 0 Å². The number of nitrogens with zero attached hydrogens (tertiary/aromatic N) is 2. The zero-order valence-electron chi connectivity index (χ0n) is 10.1. The van der Waals surface area contributed by atoms with E-state index in [0.29, 0.717) is 19.0 Å². The Morgan fingerprint density at radius 1 is 1.47 bits per heavy atom. The maximum atomic E-state index is 11.4. The van der Waals surface area contributed by atoms with Crippen LogP contribution in [0.3, 0.4) is 0 Å². The molecule has 0 aliphatic heterocycles. The third-order valence-electron chi connectivity index (χ3n) is 2.69. The SMILES string of the molecule is CCc1cc(NCCC(=O)NC2CC2)ncn1. The molecule has 0 bridgehead atoms. The molecule has 1 amide bonds. The van der Waals surface area contributed by atoms with Gasteiger partial charge in [-0.25, -0.2) is 9.97 Å². The first kappa shape index (κ1) is 11.8. The van der Waals surface area contributed by atoms with Crippen molar-refractivity contribution in [2.45, 2.75) is 38.6 Å². The minimum atomic E-state index is 0.116. The first-order valence-electron chi connectivity index (χ1n) is 6.12. The summed E-state index contributed by atoms with van der Waals surface area (Å²) in [5.41, 5.74) is 1.00. The summed E-state index contributed by atoms with van der Waals surface area (Å²) in [6.07, 6.45) is 5.18. The Hall–Kier alpha value is -1.65. The van der Waals surface area contributed by atoms with Crippen molar-refractivity contribution < 1.29 is 4.79 Å². The van der Waals surface area contributed by atoms with Crippen molar-refractivity contribution in [2.75, 3.05) is 11.9 Å². The van der Waals surface area contributed by atoms with Crippen LogP contribution in [0.5, 0.6) is 0 Å². The summed E-state index contributed by atoms with van der Waals surface area (Å²) in [6.45, 7) is 2.66. The summed E-state index contributed by atoms with van der Waals surface area (Å²) >= 11 is 0. The zero-order valence-corrected chi connectivity index (χ0v) is 10.1. The fourth-order valence-corrected chi connectivity index (χ4v) is 1.52. The Morgan fingerprint density at radius 2 is 2.29 bits per heavy atom. The lowest BCUT2D eigenvalue weighted by Gasteiger charge is -2.06. The van der Waals surface area contributed by atoms with Crippen LogP contribution in [0.4, 0.5) is 5.82 Å². The second kappa shape index (κ2) is 5.61. The predicted molar refractivity (Wildman–Crippen MR) is 65.7 cm³/mol. The fourth-order valence-electron chi connectivity index (χ4n) is 1.52. The number of hydrogen-bond acceptors (Lipinski definition) is 4. The zero-order chi connectivity index (χ0) is 12.1. The van der Waals surface area contributed by atoms with E-state index in [-0.39, 0.29) is 5.91 Å². The number of carbonyl (C=O) groups excluding carboxylic acids is 1. The molecule has 1 fully saturated rings. The van der Waals surface area contributed by atoms with Crippen LogP contribution >= 0.6 is 0 Å². The Balaban J connectivity index is 1.71. The summed E-state index contributed by atoms with van der Waals surface area (Å²) in [6, 6.07) is 2.35. The van der Waals surface area contributed by atoms with Crippen molar-refractivity contribution in [2.24, 2.45) is 0 Å². The molecule has 1 aliphatic rings. The lowest BCUT2D eigenvalue weighted by Crippen LogP contribution is -2.27. The molecular formula is C12H18N4O. The third kappa shape index (κ3) is 4.01. The molecule has 1 aromatic heterocycles. The van der Waals surface area contributed by atoms with Gasteiger partial charge in [0.25, 0.3) is 0 Å². The van der Waals surface area contributed by atoms with Crippen LogP contribution in [0.15, 0.2) is 12.4 Å². The van der Waals surface area contributed by atoms with E-state index in [1.165, 1.54) is 0 Å². The van der Waals surface area contributed by atoms with Crippen molar-refractivity contribution in [3.63, 3.8) is 0 Å². The molecule has 5 nitrogen and oxygen atoms in total. The molecular weight excluding hydrogens is 216 g/mol. The largest absolute Gasteiger partial charge is 0.369 e. The average Bonchev–Trinajstić information content (AvgIpc) is 3.13. The summed E-state index contributed by atoms with van der Waals surface area (Å²) in [5, 5.41) is 6.08. The standard InChI is InChI=1S/C12H18N4O/c1-2-9-7-11(15-8-14-9)13-6-5-12(17)16-10-3-4-10/h7-8,10H,2-6H2,1H3,(H,16,17)(H,13,14,15). The fraction of sp³-hybridized carbons (Fsp3) is 0.583. The van der Waals surface area contributed by atoms with Gasteiger partial charge in [0.05, 0.1) is 0 Å². The summed E-state index contributed by atoms with van der Waals surface area (Å²) in [7, 11) is 0. The first-order valence-corrected chi connectivity index (χ1v) is 6.12. The molecule has 0 unspecified atom stereocenters. The van der Waals surface area contributed by atoms with Crippen LogP contribution in [0, 0.1) is 0 Å². The number of nitrogens with one attached hydrogen (secondary N) is 2. The van der Waals surface area contributed by atoms with Crippen LogP contribution < -0.4 is 10.6 Å². The molecule has 2 N–H and O–H groups in total. The van der Waals surface area contributed by atoms with Gasteiger partial charge in [-0.3, -0.25) is 4.79 Å². The number of rotatable bonds is 6. The van der Waals surface area contributed by atoms with Crippen LogP contribution in [0.25, 0.3) is 0 Å². The van der Waals surface area contributed by atoms with Crippen molar-refractivity contribution in [3.8, 4) is 0 Å². The van der Waals surface area contributed by atoms with Gasteiger partial charge in [-0.15, -0.1) is 0 Å². The molecule has 0 atom stereocenters. The molecule has 17 heavy (non-hydrogen) atoms. The van der Waals surface area contributed by atoms with Crippen LogP contribution in [0.2, 0.25) is 0 Å². The van der Waals surface area contributed by atoms with Crippen molar-refractivity contribution >= 4 is 11.7 Å². The molecule has 1 aromatic rings. The highest BCUT2D eigenvalue weighted by Gasteiger charge is 2.22. The highest BCUT2D eigenvalue weighted by molar-refractivity contribution is 5.77. The maximum absolute atomic E-state index is 11.4.